The molecule has 164 valence electrons. The van der Waals surface area contributed by atoms with E-state index in [-0.39, 0.29) is 22.6 Å². The van der Waals surface area contributed by atoms with Crippen LogP contribution in [-0.2, 0) is 10.2 Å². The third-order valence-corrected chi connectivity index (χ3v) is 6.83. The Kier molecular flexibility index (Phi) is 6.11. The number of nitrogens with one attached hydrogen (secondary N) is 1. The number of hydrogen-bond acceptors (Lipinski definition) is 3. The molecule has 1 fully saturated rings. The number of hydrogen-bond donors (Lipinski definition) is 1. The highest BCUT2D eigenvalue weighted by molar-refractivity contribution is 8.00. The van der Waals surface area contributed by atoms with Crippen molar-refractivity contribution in [1.29, 1.82) is 0 Å². The fourth-order valence-corrected chi connectivity index (χ4v) is 4.96. The van der Waals surface area contributed by atoms with Gasteiger partial charge in [-0.3, -0.25) is 14.5 Å². The van der Waals surface area contributed by atoms with Gasteiger partial charge in [-0.25, -0.2) is 0 Å². The largest absolute Gasteiger partial charge is 0.322 e. The highest BCUT2D eigenvalue weighted by Crippen LogP contribution is 2.42. The molecule has 1 N–H and O–H groups in total. The van der Waals surface area contributed by atoms with Gasteiger partial charge in [-0.05, 0) is 65.4 Å². The van der Waals surface area contributed by atoms with Crippen LogP contribution in [0.15, 0.2) is 72.8 Å². The van der Waals surface area contributed by atoms with Gasteiger partial charge in [0.15, 0.2) is 0 Å². The van der Waals surface area contributed by atoms with Crippen molar-refractivity contribution in [1.82, 2.24) is 0 Å². The Morgan fingerprint density at radius 3 is 2.31 bits per heavy atom. The average Bonchev–Trinajstić information content (AvgIpc) is 3.15. The number of amides is 2. The summed E-state index contributed by atoms with van der Waals surface area (Å²) in [5, 5.41) is 2.90. The van der Waals surface area contributed by atoms with E-state index in [1.54, 1.807) is 11.8 Å². The van der Waals surface area contributed by atoms with Crippen LogP contribution in [0, 0.1) is 6.92 Å². The Bertz CT molecular complexity index is 1130. The van der Waals surface area contributed by atoms with E-state index in [1.807, 2.05) is 84.6 Å². The van der Waals surface area contributed by atoms with Crippen molar-refractivity contribution >= 4 is 35.0 Å². The van der Waals surface area contributed by atoms with Crippen molar-refractivity contribution in [2.45, 2.75) is 38.5 Å². The molecular formula is C27H28N2O2S. The molecule has 1 atom stereocenters. The van der Waals surface area contributed by atoms with Crippen molar-refractivity contribution < 1.29 is 9.59 Å². The second kappa shape index (κ2) is 8.83. The van der Waals surface area contributed by atoms with Gasteiger partial charge in [0, 0.05) is 16.9 Å². The van der Waals surface area contributed by atoms with Crippen LogP contribution >= 0.6 is 11.8 Å². The van der Waals surface area contributed by atoms with Gasteiger partial charge in [-0.15, -0.1) is 11.8 Å². The van der Waals surface area contributed by atoms with E-state index in [0.717, 1.165) is 22.5 Å². The van der Waals surface area contributed by atoms with Gasteiger partial charge in [0.25, 0.3) is 5.91 Å². The first-order chi connectivity index (χ1) is 15.2. The summed E-state index contributed by atoms with van der Waals surface area (Å²) in [4.78, 5) is 27.1. The summed E-state index contributed by atoms with van der Waals surface area (Å²) in [6, 6.07) is 23.5. The maximum atomic E-state index is 12.7. The number of thioether (sulfide) groups is 1. The number of carbonyl (C=O) groups excluding carboxylic acids is 2. The normalized spacial score (nSPS) is 16.3. The summed E-state index contributed by atoms with van der Waals surface area (Å²) in [5.74, 6) is 0.438. The van der Waals surface area contributed by atoms with Gasteiger partial charge in [-0.1, -0.05) is 57.2 Å². The molecular weight excluding hydrogens is 416 g/mol. The van der Waals surface area contributed by atoms with Gasteiger partial charge in [0.2, 0.25) is 5.91 Å². The van der Waals surface area contributed by atoms with E-state index < -0.39 is 0 Å². The topological polar surface area (TPSA) is 49.4 Å². The van der Waals surface area contributed by atoms with Crippen LogP contribution in [0.4, 0.5) is 11.4 Å². The highest BCUT2D eigenvalue weighted by Gasteiger charge is 2.34. The summed E-state index contributed by atoms with van der Waals surface area (Å²) in [7, 11) is 0. The molecule has 0 spiro atoms. The fourth-order valence-electron chi connectivity index (χ4n) is 3.78. The maximum Gasteiger partial charge on any atom is 0.255 e. The first kappa shape index (κ1) is 22.2. The molecule has 3 aromatic carbocycles. The zero-order chi connectivity index (χ0) is 22.9. The Morgan fingerprint density at radius 2 is 1.69 bits per heavy atom. The van der Waals surface area contributed by atoms with Crippen LogP contribution in [0.3, 0.4) is 0 Å². The molecule has 1 aliphatic heterocycles. The number of aryl methyl sites for hydroxylation is 1. The van der Waals surface area contributed by atoms with E-state index >= 15 is 0 Å². The van der Waals surface area contributed by atoms with E-state index in [4.69, 9.17) is 0 Å². The van der Waals surface area contributed by atoms with Crippen LogP contribution in [0.2, 0.25) is 0 Å². The molecule has 2 amide bonds. The molecule has 0 aliphatic carbocycles. The summed E-state index contributed by atoms with van der Waals surface area (Å²) in [6.07, 6.45) is 0. The number of benzene rings is 3. The zero-order valence-corrected chi connectivity index (χ0v) is 19.7. The number of rotatable bonds is 4. The molecule has 0 unspecified atom stereocenters. The van der Waals surface area contributed by atoms with Crippen LogP contribution < -0.4 is 10.2 Å². The molecule has 32 heavy (non-hydrogen) atoms. The predicted octanol–water partition coefficient (Wildman–Crippen LogP) is 6.32. The molecule has 1 heterocycles. The molecule has 1 saturated heterocycles. The van der Waals surface area contributed by atoms with E-state index in [1.165, 1.54) is 5.56 Å². The van der Waals surface area contributed by atoms with Crippen LogP contribution in [-0.4, -0.2) is 17.6 Å². The fraction of sp³-hybridized carbons (Fsp3) is 0.259. The molecule has 0 radical (unpaired) electrons. The monoisotopic (exact) mass is 444 g/mol. The summed E-state index contributed by atoms with van der Waals surface area (Å²) in [6.45, 7) is 8.49. The first-order valence-corrected chi connectivity index (χ1v) is 11.8. The maximum absolute atomic E-state index is 12.7. The Hall–Kier alpha value is -3.05. The zero-order valence-electron chi connectivity index (χ0n) is 18.9. The molecule has 3 aromatic rings. The quantitative estimate of drug-likeness (QED) is 0.512. The summed E-state index contributed by atoms with van der Waals surface area (Å²) in [5.41, 5.74) is 5.69. The summed E-state index contributed by atoms with van der Waals surface area (Å²) < 4.78 is 0. The van der Waals surface area contributed by atoms with E-state index in [2.05, 4.69) is 26.1 Å². The molecule has 5 heteroatoms. The number of carbonyl (C=O) groups is 2. The molecule has 0 saturated carbocycles. The lowest BCUT2D eigenvalue weighted by atomic mass is 9.87. The smallest absolute Gasteiger partial charge is 0.255 e. The lowest BCUT2D eigenvalue weighted by Gasteiger charge is -2.25. The second-order valence-electron chi connectivity index (χ2n) is 9.17. The number of anilines is 2. The van der Waals surface area contributed by atoms with Gasteiger partial charge in [0.1, 0.15) is 5.37 Å². The lowest BCUT2D eigenvalue weighted by molar-refractivity contribution is -0.115. The minimum Gasteiger partial charge on any atom is -0.322 e. The van der Waals surface area contributed by atoms with Crippen molar-refractivity contribution in [3.8, 4) is 0 Å². The molecule has 0 aromatic heterocycles. The van der Waals surface area contributed by atoms with Crippen molar-refractivity contribution in [2.75, 3.05) is 16.0 Å². The standard InChI is InChI=1S/C27H28N2O2S/c1-18-6-5-7-23(16-18)29-24(30)17-32-26(29)20-10-14-22(15-11-20)28-25(31)19-8-12-21(13-9-19)27(2,3)4/h5-16,26H,17H2,1-4H3,(H,28,31)/t26-/m1/s1. The van der Waals surface area contributed by atoms with E-state index in [9.17, 15) is 9.59 Å². The van der Waals surface area contributed by atoms with Crippen molar-refractivity contribution in [3.05, 3.63) is 95.1 Å². The van der Waals surface area contributed by atoms with Gasteiger partial charge >= 0.3 is 0 Å². The minimum atomic E-state index is -0.134. The van der Waals surface area contributed by atoms with Crippen molar-refractivity contribution in [2.24, 2.45) is 0 Å². The van der Waals surface area contributed by atoms with Crippen LogP contribution in [0.1, 0.15) is 53.2 Å². The molecule has 0 bridgehead atoms. The van der Waals surface area contributed by atoms with Gasteiger partial charge in [-0.2, -0.15) is 0 Å². The van der Waals surface area contributed by atoms with E-state index in [0.29, 0.717) is 11.3 Å². The first-order valence-electron chi connectivity index (χ1n) is 10.7. The second-order valence-corrected chi connectivity index (χ2v) is 10.2. The highest BCUT2D eigenvalue weighted by atomic mass is 32.2. The van der Waals surface area contributed by atoms with Crippen LogP contribution in [0.25, 0.3) is 0 Å². The summed E-state index contributed by atoms with van der Waals surface area (Å²) >= 11 is 1.62. The predicted molar refractivity (Wildman–Crippen MR) is 133 cm³/mol. The van der Waals surface area contributed by atoms with Crippen molar-refractivity contribution in [3.63, 3.8) is 0 Å². The number of nitrogens with zero attached hydrogens (tertiary/aromatic N) is 1. The average molecular weight is 445 g/mol. The minimum absolute atomic E-state index is 0.0524. The third kappa shape index (κ3) is 4.73. The molecule has 4 rings (SSSR count). The van der Waals surface area contributed by atoms with Gasteiger partial charge < -0.3 is 5.32 Å². The Labute approximate surface area is 194 Å². The third-order valence-electron chi connectivity index (χ3n) is 5.61. The molecule has 1 aliphatic rings. The Morgan fingerprint density at radius 1 is 1.00 bits per heavy atom. The van der Waals surface area contributed by atoms with Crippen LogP contribution in [0.5, 0.6) is 0 Å². The lowest BCUT2D eigenvalue weighted by Crippen LogP contribution is -2.27. The molecule has 4 nitrogen and oxygen atoms in total. The SMILES string of the molecule is Cc1cccc(N2C(=O)CS[C@@H]2c2ccc(NC(=O)c3ccc(C(C)(C)C)cc3)cc2)c1. The Balaban J connectivity index is 1.48. The van der Waals surface area contributed by atoms with Gasteiger partial charge in [0.05, 0.1) is 5.75 Å².